The van der Waals surface area contributed by atoms with Gasteiger partial charge in [-0.15, -0.1) is 0 Å². The molecule has 0 saturated heterocycles. The van der Waals surface area contributed by atoms with E-state index in [-0.39, 0.29) is 11.8 Å². The van der Waals surface area contributed by atoms with Gasteiger partial charge >= 0.3 is 0 Å². The summed E-state index contributed by atoms with van der Waals surface area (Å²) >= 11 is 3.42. The van der Waals surface area contributed by atoms with Crippen LogP contribution in [0.2, 0.25) is 0 Å². The fourth-order valence-corrected chi connectivity index (χ4v) is 2.74. The molecule has 2 amide bonds. The molecule has 1 N–H and O–H groups in total. The summed E-state index contributed by atoms with van der Waals surface area (Å²) in [7, 11) is 0. The Morgan fingerprint density at radius 1 is 1.19 bits per heavy atom. The first-order chi connectivity index (χ1) is 7.49. The SMILES string of the molecule is Cc1cc(C)c(C2=CC(=O)NC2=O)c(Br)c1. The molecule has 82 valence electrons. The lowest BCUT2D eigenvalue weighted by Gasteiger charge is -2.09. The molecule has 0 fully saturated rings. The van der Waals surface area contributed by atoms with E-state index in [0.29, 0.717) is 5.57 Å². The smallest absolute Gasteiger partial charge is 0.258 e. The van der Waals surface area contributed by atoms with Gasteiger partial charge in [-0.05, 0) is 31.0 Å². The van der Waals surface area contributed by atoms with Crippen molar-refractivity contribution in [1.29, 1.82) is 0 Å². The van der Waals surface area contributed by atoms with E-state index in [2.05, 4.69) is 21.2 Å². The Hall–Kier alpha value is -1.42. The van der Waals surface area contributed by atoms with Crippen LogP contribution in [0.1, 0.15) is 16.7 Å². The summed E-state index contributed by atoms with van der Waals surface area (Å²) in [5, 5.41) is 2.24. The Balaban J connectivity index is 2.61. The fraction of sp³-hybridized carbons (Fsp3) is 0.167. The van der Waals surface area contributed by atoms with Gasteiger partial charge in [-0.1, -0.05) is 22.0 Å². The van der Waals surface area contributed by atoms with E-state index in [1.165, 1.54) is 6.08 Å². The lowest BCUT2D eigenvalue weighted by molar-refractivity contribution is -0.123. The van der Waals surface area contributed by atoms with Crippen molar-refractivity contribution in [3.63, 3.8) is 0 Å². The van der Waals surface area contributed by atoms with Crippen LogP contribution < -0.4 is 5.32 Å². The van der Waals surface area contributed by atoms with Gasteiger partial charge in [-0.3, -0.25) is 14.9 Å². The van der Waals surface area contributed by atoms with Crippen LogP contribution in [-0.4, -0.2) is 11.8 Å². The van der Waals surface area contributed by atoms with E-state index in [1.54, 1.807) is 0 Å². The van der Waals surface area contributed by atoms with E-state index in [1.807, 2.05) is 26.0 Å². The molecule has 16 heavy (non-hydrogen) atoms. The van der Waals surface area contributed by atoms with Crippen molar-refractivity contribution in [3.05, 3.63) is 39.4 Å². The zero-order chi connectivity index (χ0) is 11.9. The molecule has 0 radical (unpaired) electrons. The number of halogens is 1. The number of carbonyl (C=O) groups is 2. The Morgan fingerprint density at radius 2 is 1.88 bits per heavy atom. The molecule has 2 rings (SSSR count). The van der Waals surface area contributed by atoms with Crippen LogP contribution >= 0.6 is 15.9 Å². The van der Waals surface area contributed by atoms with Crippen LogP contribution in [0.4, 0.5) is 0 Å². The highest BCUT2D eigenvalue weighted by atomic mass is 79.9. The molecular weight excluding hydrogens is 270 g/mol. The van der Waals surface area contributed by atoms with Crippen molar-refractivity contribution >= 4 is 33.3 Å². The highest BCUT2D eigenvalue weighted by molar-refractivity contribution is 9.10. The number of hydrogen-bond acceptors (Lipinski definition) is 2. The first-order valence-corrected chi connectivity index (χ1v) is 5.62. The molecule has 0 aliphatic carbocycles. The average Bonchev–Trinajstić information content (AvgIpc) is 2.43. The van der Waals surface area contributed by atoms with Gasteiger partial charge in [0.25, 0.3) is 11.8 Å². The second-order valence-electron chi connectivity index (χ2n) is 3.82. The summed E-state index contributed by atoms with van der Waals surface area (Å²) in [5.41, 5.74) is 3.30. The van der Waals surface area contributed by atoms with Crippen molar-refractivity contribution in [3.8, 4) is 0 Å². The van der Waals surface area contributed by atoms with E-state index >= 15 is 0 Å². The zero-order valence-electron chi connectivity index (χ0n) is 8.93. The lowest BCUT2D eigenvalue weighted by atomic mass is 9.99. The minimum Gasteiger partial charge on any atom is -0.289 e. The molecule has 0 spiro atoms. The molecule has 1 aliphatic heterocycles. The third-order valence-corrected chi connectivity index (χ3v) is 3.08. The largest absolute Gasteiger partial charge is 0.289 e. The minimum atomic E-state index is -0.355. The van der Waals surface area contributed by atoms with Crippen molar-refractivity contribution < 1.29 is 9.59 Å². The van der Waals surface area contributed by atoms with Crippen LogP contribution in [0.15, 0.2) is 22.7 Å². The van der Waals surface area contributed by atoms with E-state index in [9.17, 15) is 9.59 Å². The highest BCUT2D eigenvalue weighted by Crippen LogP contribution is 2.30. The first kappa shape index (κ1) is 11.1. The van der Waals surface area contributed by atoms with Crippen molar-refractivity contribution in [1.82, 2.24) is 5.32 Å². The summed E-state index contributed by atoms with van der Waals surface area (Å²) in [5.74, 6) is -0.690. The number of carbonyl (C=O) groups excluding carboxylic acids is 2. The van der Waals surface area contributed by atoms with Gasteiger partial charge in [-0.2, -0.15) is 0 Å². The van der Waals surface area contributed by atoms with Gasteiger partial charge in [0.2, 0.25) is 0 Å². The van der Waals surface area contributed by atoms with Gasteiger partial charge in [0.05, 0.1) is 5.57 Å². The third kappa shape index (κ3) is 1.80. The number of nitrogens with one attached hydrogen (secondary N) is 1. The quantitative estimate of drug-likeness (QED) is 0.801. The molecule has 1 aliphatic rings. The molecule has 3 nitrogen and oxygen atoms in total. The van der Waals surface area contributed by atoms with E-state index < -0.39 is 0 Å². The number of aryl methyl sites for hydroxylation is 2. The maximum atomic E-state index is 11.6. The molecule has 1 heterocycles. The molecule has 4 heteroatoms. The predicted octanol–water partition coefficient (Wildman–Crippen LogP) is 2.11. The Morgan fingerprint density at radius 3 is 2.38 bits per heavy atom. The number of benzene rings is 1. The summed E-state index contributed by atoms with van der Waals surface area (Å²) in [6.45, 7) is 3.90. The van der Waals surface area contributed by atoms with Crippen molar-refractivity contribution in [2.45, 2.75) is 13.8 Å². The van der Waals surface area contributed by atoms with Gasteiger partial charge in [0.15, 0.2) is 0 Å². The number of rotatable bonds is 1. The first-order valence-electron chi connectivity index (χ1n) is 4.83. The van der Waals surface area contributed by atoms with Gasteiger partial charge < -0.3 is 0 Å². The molecule has 0 saturated carbocycles. The minimum absolute atomic E-state index is 0.336. The van der Waals surface area contributed by atoms with Gasteiger partial charge in [0, 0.05) is 16.1 Å². The van der Waals surface area contributed by atoms with Crippen LogP contribution in [0.3, 0.4) is 0 Å². The lowest BCUT2D eigenvalue weighted by Crippen LogP contribution is -2.22. The monoisotopic (exact) mass is 279 g/mol. The van der Waals surface area contributed by atoms with Crippen LogP contribution in [-0.2, 0) is 9.59 Å². The van der Waals surface area contributed by atoms with Gasteiger partial charge in [-0.25, -0.2) is 0 Å². The number of hydrogen-bond donors (Lipinski definition) is 1. The highest BCUT2D eigenvalue weighted by Gasteiger charge is 2.24. The Kier molecular flexibility index (Phi) is 2.68. The standard InChI is InChI=1S/C12H10BrNO2/c1-6-3-7(2)11(9(13)4-6)8-5-10(15)14-12(8)16/h3-5H,1-2H3,(H,14,15,16). The molecule has 0 unspecified atom stereocenters. The summed E-state index contributed by atoms with van der Waals surface area (Å²) in [6.07, 6.45) is 1.34. The second-order valence-corrected chi connectivity index (χ2v) is 4.67. The normalized spacial score (nSPS) is 15.1. The van der Waals surface area contributed by atoms with Crippen molar-refractivity contribution in [2.75, 3.05) is 0 Å². The second kappa shape index (κ2) is 3.87. The van der Waals surface area contributed by atoms with E-state index in [0.717, 1.165) is 21.2 Å². The van der Waals surface area contributed by atoms with Crippen LogP contribution in [0, 0.1) is 13.8 Å². The summed E-state index contributed by atoms with van der Waals surface area (Å²) in [4.78, 5) is 22.7. The molecular formula is C12H10BrNO2. The van der Waals surface area contributed by atoms with Crippen molar-refractivity contribution in [2.24, 2.45) is 0 Å². The predicted molar refractivity (Wildman–Crippen MR) is 64.7 cm³/mol. The average molecular weight is 280 g/mol. The number of imide groups is 1. The Bertz CT molecular complexity index is 509. The van der Waals surface area contributed by atoms with Crippen LogP contribution in [0.25, 0.3) is 5.57 Å². The zero-order valence-corrected chi connectivity index (χ0v) is 10.5. The molecule has 1 aromatic rings. The topological polar surface area (TPSA) is 46.2 Å². The fourth-order valence-electron chi connectivity index (χ4n) is 1.85. The third-order valence-electron chi connectivity index (χ3n) is 2.46. The number of amides is 2. The summed E-state index contributed by atoms with van der Waals surface area (Å²) < 4.78 is 0.834. The van der Waals surface area contributed by atoms with Crippen LogP contribution in [0.5, 0.6) is 0 Å². The molecule has 0 aromatic heterocycles. The summed E-state index contributed by atoms with van der Waals surface area (Å²) in [6, 6.07) is 3.91. The molecule has 0 bridgehead atoms. The van der Waals surface area contributed by atoms with Gasteiger partial charge in [0.1, 0.15) is 0 Å². The molecule has 0 atom stereocenters. The maximum absolute atomic E-state index is 11.6. The van der Waals surface area contributed by atoms with E-state index in [4.69, 9.17) is 0 Å². The Labute approximate surface area is 102 Å². The molecule has 1 aromatic carbocycles. The maximum Gasteiger partial charge on any atom is 0.258 e.